The Labute approximate surface area is 270 Å². The molecule has 8 N–H and O–H groups in total. The molecule has 0 saturated carbocycles. The second-order valence-corrected chi connectivity index (χ2v) is 11.4. The Hall–Kier alpha value is -4.17. The number of aliphatic hydroxyl groups excluding tert-OH is 1. The molecule has 14 nitrogen and oxygen atoms in total. The number of carbonyl (C=O) groups excluding carboxylic acids is 5. The van der Waals surface area contributed by atoms with E-state index in [1.807, 2.05) is 6.08 Å². The van der Waals surface area contributed by atoms with Crippen LogP contribution in [0.15, 0.2) is 36.4 Å². The van der Waals surface area contributed by atoms with E-state index in [4.69, 9.17) is 15.2 Å². The number of carbonyl (C=O) groups is 5. The van der Waals surface area contributed by atoms with Crippen LogP contribution in [0.1, 0.15) is 70.8 Å². The molecule has 0 aromatic heterocycles. The number of ether oxygens (including phenoxy) is 2. The van der Waals surface area contributed by atoms with E-state index in [1.165, 1.54) is 0 Å². The highest BCUT2D eigenvalue weighted by Gasteiger charge is 2.29. The van der Waals surface area contributed by atoms with E-state index < -0.39 is 41.9 Å². The number of hydrogen-bond acceptors (Lipinski definition) is 8. The van der Waals surface area contributed by atoms with Crippen molar-refractivity contribution in [3.63, 3.8) is 0 Å². The Bertz CT molecular complexity index is 1140. The second-order valence-electron chi connectivity index (χ2n) is 11.4. The molecular formula is C32H50N6O8. The zero-order chi connectivity index (χ0) is 33.7. The van der Waals surface area contributed by atoms with E-state index >= 15 is 0 Å². The standard InChI is InChI=1S/C32H50N6O8/c1-22(2)28(38-27(40)16-19-45-20-18-35-32(44)46-25-9-6-4-3-5-7-10-25)30(42)37-26(11-8-17-34-31(33)43)29(41)36-24-14-12-23(21-39)13-15-24/h4,6,12-15,22,25-26,28,39H,3,5,7-11,16-21H2,1-2H3,(H,35,44)(H,36,41)(H,37,42)(H,38,40)(H3,33,34,43)/b6-4-/t25?,26-,28+/m0/s1. The average molecular weight is 647 g/mol. The van der Waals surface area contributed by atoms with Gasteiger partial charge < -0.3 is 46.9 Å². The summed E-state index contributed by atoms with van der Waals surface area (Å²) in [5.41, 5.74) is 6.27. The number of anilines is 1. The van der Waals surface area contributed by atoms with Crippen molar-refractivity contribution < 1.29 is 38.6 Å². The first-order valence-electron chi connectivity index (χ1n) is 15.9. The van der Waals surface area contributed by atoms with Gasteiger partial charge in [-0.2, -0.15) is 0 Å². The molecule has 1 aromatic rings. The molecule has 1 aliphatic rings. The lowest BCUT2D eigenvalue weighted by molar-refractivity contribution is -0.132. The largest absolute Gasteiger partial charge is 0.446 e. The molecule has 46 heavy (non-hydrogen) atoms. The number of hydrogen-bond donors (Lipinski definition) is 7. The minimum absolute atomic E-state index is 0.0120. The lowest BCUT2D eigenvalue weighted by atomic mass is 10.0. The maximum absolute atomic E-state index is 13.3. The summed E-state index contributed by atoms with van der Waals surface area (Å²) in [6.07, 6.45) is 8.75. The van der Waals surface area contributed by atoms with E-state index in [2.05, 4.69) is 32.7 Å². The van der Waals surface area contributed by atoms with Crippen molar-refractivity contribution in [3.05, 3.63) is 42.0 Å². The summed E-state index contributed by atoms with van der Waals surface area (Å²) < 4.78 is 10.9. The van der Waals surface area contributed by atoms with Crippen LogP contribution in [-0.2, 0) is 30.5 Å². The van der Waals surface area contributed by atoms with Crippen molar-refractivity contribution in [1.29, 1.82) is 0 Å². The summed E-state index contributed by atoms with van der Waals surface area (Å²) in [5, 5.41) is 22.5. The predicted molar refractivity (Wildman–Crippen MR) is 172 cm³/mol. The number of nitrogens with two attached hydrogens (primary N) is 1. The number of urea groups is 1. The maximum atomic E-state index is 13.3. The van der Waals surface area contributed by atoms with E-state index in [0.29, 0.717) is 24.1 Å². The normalized spacial score (nSPS) is 16.6. The van der Waals surface area contributed by atoms with E-state index in [-0.39, 0.29) is 57.8 Å². The number of allylic oxidation sites excluding steroid dienone is 1. The Morgan fingerprint density at radius 1 is 0.957 bits per heavy atom. The molecule has 6 amide bonds. The van der Waals surface area contributed by atoms with Gasteiger partial charge in [0.05, 0.1) is 19.8 Å². The monoisotopic (exact) mass is 646 g/mol. The van der Waals surface area contributed by atoms with Crippen LogP contribution in [0, 0.1) is 5.92 Å². The SMILES string of the molecule is CC(C)[C@@H](NC(=O)CCOCCNC(=O)OC1C/C=C\CCCC1)C(=O)N[C@@H](CCCNC(N)=O)C(=O)Nc1ccc(CO)cc1. The zero-order valence-corrected chi connectivity index (χ0v) is 26.8. The molecule has 0 radical (unpaired) electrons. The number of nitrogens with one attached hydrogen (secondary N) is 5. The zero-order valence-electron chi connectivity index (χ0n) is 26.8. The van der Waals surface area contributed by atoms with Gasteiger partial charge in [0.1, 0.15) is 18.2 Å². The van der Waals surface area contributed by atoms with Crippen LogP contribution < -0.4 is 32.3 Å². The third kappa shape index (κ3) is 15.7. The van der Waals surface area contributed by atoms with Gasteiger partial charge in [-0.1, -0.05) is 38.1 Å². The molecule has 256 valence electrons. The highest BCUT2D eigenvalue weighted by atomic mass is 16.6. The van der Waals surface area contributed by atoms with Crippen LogP contribution >= 0.6 is 0 Å². The second kappa shape index (κ2) is 21.5. The number of amides is 6. The van der Waals surface area contributed by atoms with Crippen molar-refractivity contribution in [2.75, 3.05) is 31.6 Å². The molecule has 14 heteroatoms. The predicted octanol–water partition coefficient (Wildman–Crippen LogP) is 2.21. The van der Waals surface area contributed by atoms with Gasteiger partial charge in [0.25, 0.3) is 0 Å². The minimum atomic E-state index is -0.969. The van der Waals surface area contributed by atoms with Crippen molar-refractivity contribution in [2.45, 2.75) is 90.0 Å². The fourth-order valence-electron chi connectivity index (χ4n) is 4.66. The van der Waals surface area contributed by atoms with Crippen LogP contribution in [0.5, 0.6) is 0 Å². The molecule has 0 spiro atoms. The molecule has 0 fully saturated rings. The summed E-state index contributed by atoms with van der Waals surface area (Å²) in [7, 11) is 0. The van der Waals surface area contributed by atoms with Crippen molar-refractivity contribution in [3.8, 4) is 0 Å². The summed E-state index contributed by atoms with van der Waals surface area (Å²) in [6, 6.07) is 4.01. The van der Waals surface area contributed by atoms with Crippen LogP contribution in [0.2, 0.25) is 0 Å². The molecular weight excluding hydrogens is 596 g/mol. The molecule has 0 aliphatic heterocycles. The molecule has 0 heterocycles. The highest BCUT2D eigenvalue weighted by Crippen LogP contribution is 2.15. The molecule has 0 saturated heterocycles. The van der Waals surface area contributed by atoms with E-state index in [1.54, 1.807) is 38.1 Å². The molecule has 1 aromatic carbocycles. The third-order valence-corrected chi connectivity index (χ3v) is 7.25. The Kier molecular flexibility index (Phi) is 17.8. The third-order valence-electron chi connectivity index (χ3n) is 7.25. The lowest BCUT2D eigenvalue weighted by Gasteiger charge is -2.25. The number of rotatable bonds is 18. The van der Waals surface area contributed by atoms with Gasteiger partial charge in [0, 0.05) is 31.6 Å². The van der Waals surface area contributed by atoms with Gasteiger partial charge in [-0.3, -0.25) is 14.4 Å². The average Bonchev–Trinajstić information content (AvgIpc) is 3.00. The minimum Gasteiger partial charge on any atom is -0.446 e. The molecule has 3 atom stereocenters. The van der Waals surface area contributed by atoms with Gasteiger partial charge in [-0.05, 0) is 62.1 Å². The number of primary amides is 1. The van der Waals surface area contributed by atoms with Crippen LogP contribution in [0.3, 0.4) is 0 Å². The summed E-state index contributed by atoms with van der Waals surface area (Å²) in [6.45, 7) is 4.10. The molecule has 1 unspecified atom stereocenters. The quantitative estimate of drug-likeness (QED) is 0.0926. The fourth-order valence-corrected chi connectivity index (χ4v) is 4.66. The van der Waals surface area contributed by atoms with Gasteiger partial charge >= 0.3 is 12.1 Å². The molecule has 1 aliphatic carbocycles. The van der Waals surface area contributed by atoms with Gasteiger partial charge in [-0.15, -0.1) is 0 Å². The highest BCUT2D eigenvalue weighted by molar-refractivity contribution is 5.98. The van der Waals surface area contributed by atoms with E-state index in [0.717, 1.165) is 25.7 Å². The number of benzene rings is 1. The summed E-state index contributed by atoms with van der Waals surface area (Å²) >= 11 is 0. The van der Waals surface area contributed by atoms with E-state index in [9.17, 15) is 29.1 Å². The van der Waals surface area contributed by atoms with Crippen molar-refractivity contribution in [2.24, 2.45) is 11.7 Å². The summed E-state index contributed by atoms with van der Waals surface area (Å²) in [5.74, 6) is -1.72. The van der Waals surface area contributed by atoms with Crippen LogP contribution in [0.25, 0.3) is 0 Å². The van der Waals surface area contributed by atoms with Crippen molar-refractivity contribution >= 4 is 35.5 Å². The number of aliphatic hydroxyl groups is 1. The fraction of sp³-hybridized carbons (Fsp3) is 0.594. The topological polar surface area (TPSA) is 210 Å². The molecule has 0 bridgehead atoms. The lowest BCUT2D eigenvalue weighted by Crippen LogP contribution is -2.54. The first-order chi connectivity index (χ1) is 22.1. The number of alkyl carbamates (subject to hydrolysis) is 1. The Balaban J connectivity index is 1.81. The first kappa shape index (κ1) is 38.0. The van der Waals surface area contributed by atoms with Gasteiger partial charge in [0.2, 0.25) is 17.7 Å². The van der Waals surface area contributed by atoms with Crippen molar-refractivity contribution in [1.82, 2.24) is 21.3 Å². The Morgan fingerprint density at radius 3 is 2.41 bits per heavy atom. The van der Waals surface area contributed by atoms with Gasteiger partial charge in [0.15, 0.2) is 0 Å². The Morgan fingerprint density at radius 2 is 1.72 bits per heavy atom. The van der Waals surface area contributed by atoms with Gasteiger partial charge in [-0.25, -0.2) is 9.59 Å². The molecule has 2 rings (SSSR count). The maximum Gasteiger partial charge on any atom is 0.407 e. The van der Waals surface area contributed by atoms with Crippen LogP contribution in [0.4, 0.5) is 15.3 Å². The first-order valence-corrected chi connectivity index (χ1v) is 15.9. The summed E-state index contributed by atoms with van der Waals surface area (Å²) in [4.78, 5) is 62.1. The van der Waals surface area contributed by atoms with Crippen LogP contribution in [-0.4, -0.2) is 79.4 Å². The smallest absolute Gasteiger partial charge is 0.407 e.